The first-order valence-electron chi connectivity index (χ1n) is 9.42. The van der Waals surface area contributed by atoms with E-state index in [9.17, 15) is 9.59 Å². The molecule has 0 aliphatic rings. The number of aromatic nitrogens is 3. The largest absolute Gasteiger partial charge is 0.497 e. The number of carbonyl (C=O) groups excluding carboxylic acids is 2. The van der Waals surface area contributed by atoms with Crippen molar-refractivity contribution in [3.63, 3.8) is 0 Å². The van der Waals surface area contributed by atoms with E-state index >= 15 is 0 Å². The lowest BCUT2D eigenvalue weighted by atomic mass is 10.1. The SMILES string of the molecule is COc1ccc2c(c1)c(C(=O)Nc1ccn3nccc3c1)cn2C(=O)OC(C)(C)C. The van der Waals surface area contributed by atoms with Crippen LogP contribution in [0.25, 0.3) is 16.4 Å². The lowest BCUT2D eigenvalue weighted by Gasteiger charge is -2.19. The maximum Gasteiger partial charge on any atom is 0.419 e. The minimum absolute atomic E-state index is 0.336. The lowest BCUT2D eigenvalue weighted by Crippen LogP contribution is -2.26. The third-order valence-corrected chi connectivity index (χ3v) is 4.50. The van der Waals surface area contributed by atoms with Crippen molar-refractivity contribution < 1.29 is 19.1 Å². The number of nitrogens with zero attached hydrogens (tertiary/aromatic N) is 3. The van der Waals surface area contributed by atoms with Crippen molar-refractivity contribution >= 4 is 34.1 Å². The molecule has 154 valence electrons. The molecule has 0 unspecified atom stereocenters. The summed E-state index contributed by atoms with van der Waals surface area (Å²) in [5.41, 5.74) is 1.70. The summed E-state index contributed by atoms with van der Waals surface area (Å²) in [6, 6.07) is 10.6. The number of methoxy groups -OCH3 is 1. The zero-order valence-corrected chi connectivity index (χ0v) is 17.2. The summed E-state index contributed by atoms with van der Waals surface area (Å²) in [5.74, 6) is 0.235. The van der Waals surface area contributed by atoms with Gasteiger partial charge < -0.3 is 14.8 Å². The van der Waals surface area contributed by atoms with E-state index in [2.05, 4.69) is 10.4 Å². The zero-order valence-electron chi connectivity index (χ0n) is 17.2. The van der Waals surface area contributed by atoms with Crippen LogP contribution in [0.15, 0.2) is 55.0 Å². The van der Waals surface area contributed by atoms with Crippen LogP contribution in [0.1, 0.15) is 31.1 Å². The van der Waals surface area contributed by atoms with Crippen molar-refractivity contribution in [2.45, 2.75) is 26.4 Å². The fourth-order valence-corrected chi connectivity index (χ4v) is 3.18. The van der Waals surface area contributed by atoms with Gasteiger partial charge >= 0.3 is 6.09 Å². The van der Waals surface area contributed by atoms with E-state index in [0.717, 1.165) is 5.52 Å². The molecule has 0 spiro atoms. The highest BCUT2D eigenvalue weighted by molar-refractivity contribution is 6.14. The van der Waals surface area contributed by atoms with Gasteiger partial charge in [-0.25, -0.2) is 9.31 Å². The molecule has 8 heteroatoms. The summed E-state index contributed by atoms with van der Waals surface area (Å²) in [6.07, 6.45) is 4.38. The molecule has 8 nitrogen and oxygen atoms in total. The number of hydrogen-bond acceptors (Lipinski definition) is 5. The van der Waals surface area contributed by atoms with E-state index in [4.69, 9.17) is 9.47 Å². The predicted molar refractivity (Wildman–Crippen MR) is 113 cm³/mol. The monoisotopic (exact) mass is 406 g/mol. The fourth-order valence-electron chi connectivity index (χ4n) is 3.18. The van der Waals surface area contributed by atoms with Crippen molar-refractivity contribution in [1.29, 1.82) is 0 Å². The van der Waals surface area contributed by atoms with Gasteiger partial charge in [0.2, 0.25) is 0 Å². The Morgan fingerprint density at radius 1 is 1.10 bits per heavy atom. The smallest absolute Gasteiger partial charge is 0.419 e. The summed E-state index contributed by atoms with van der Waals surface area (Å²) in [4.78, 5) is 25.8. The van der Waals surface area contributed by atoms with Gasteiger partial charge in [0.15, 0.2) is 0 Å². The first kappa shape index (κ1) is 19.5. The second kappa shape index (κ2) is 7.22. The minimum Gasteiger partial charge on any atom is -0.497 e. The van der Waals surface area contributed by atoms with Gasteiger partial charge in [-0.05, 0) is 57.2 Å². The predicted octanol–water partition coefficient (Wildman–Crippen LogP) is 4.33. The Labute approximate surface area is 173 Å². The van der Waals surface area contributed by atoms with Gasteiger partial charge in [-0.2, -0.15) is 5.10 Å². The van der Waals surface area contributed by atoms with E-state index in [0.29, 0.717) is 27.9 Å². The number of ether oxygens (including phenoxy) is 2. The Bertz CT molecular complexity index is 1260. The summed E-state index contributed by atoms with van der Waals surface area (Å²) >= 11 is 0. The summed E-state index contributed by atoms with van der Waals surface area (Å²) < 4.78 is 13.8. The number of carbonyl (C=O) groups is 2. The topological polar surface area (TPSA) is 86.9 Å². The van der Waals surface area contributed by atoms with Crippen LogP contribution < -0.4 is 10.1 Å². The molecule has 30 heavy (non-hydrogen) atoms. The molecule has 4 rings (SSSR count). The molecular formula is C22H22N4O4. The molecule has 3 aromatic heterocycles. The molecule has 1 N–H and O–H groups in total. The molecule has 0 fully saturated rings. The number of pyridine rings is 1. The van der Waals surface area contributed by atoms with E-state index < -0.39 is 11.7 Å². The third-order valence-electron chi connectivity index (χ3n) is 4.50. The molecule has 0 bridgehead atoms. The van der Waals surface area contributed by atoms with Gasteiger partial charge in [0.05, 0.1) is 23.7 Å². The average molecular weight is 406 g/mol. The molecule has 3 heterocycles. The average Bonchev–Trinajstić information content (AvgIpc) is 3.30. The molecule has 1 aromatic carbocycles. The first-order valence-corrected chi connectivity index (χ1v) is 9.42. The lowest BCUT2D eigenvalue weighted by molar-refractivity contribution is 0.0544. The maximum atomic E-state index is 13.1. The van der Waals surface area contributed by atoms with Crippen LogP contribution in [0.5, 0.6) is 5.75 Å². The van der Waals surface area contributed by atoms with Gasteiger partial charge in [-0.3, -0.25) is 9.36 Å². The number of anilines is 1. The van der Waals surface area contributed by atoms with Crippen molar-refractivity contribution in [3.8, 4) is 5.75 Å². The van der Waals surface area contributed by atoms with Crippen LogP contribution in [0, 0.1) is 0 Å². The number of amides is 1. The Kier molecular flexibility index (Phi) is 4.69. The van der Waals surface area contributed by atoms with Gasteiger partial charge in [-0.15, -0.1) is 0 Å². The molecule has 0 saturated heterocycles. The Morgan fingerprint density at radius 3 is 2.63 bits per heavy atom. The van der Waals surface area contributed by atoms with E-state index in [1.54, 1.807) is 69.1 Å². The van der Waals surface area contributed by atoms with Crippen molar-refractivity contribution in [2.24, 2.45) is 0 Å². The van der Waals surface area contributed by atoms with Crippen molar-refractivity contribution in [3.05, 3.63) is 60.6 Å². The zero-order chi connectivity index (χ0) is 21.5. The fraction of sp³-hybridized carbons (Fsp3) is 0.227. The van der Waals surface area contributed by atoms with E-state index in [1.807, 2.05) is 12.1 Å². The number of benzene rings is 1. The normalized spacial score (nSPS) is 11.6. The Balaban J connectivity index is 1.74. The molecular weight excluding hydrogens is 384 g/mol. The molecule has 0 aliphatic carbocycles. The molecule has 1 amide bonds. The molecule has 0 aliphatic heterocycles. The first-order chi connectivity index (χ1) is 14.2. The highest BCUT2D eigenvalue weighted by atomic mass is 16.6. The second-order valence-corrected chi connectivity index (χ2v) is 7.85. The summed E-state index contributed by atoms with van der Waals surface area (Å²) in [5, 5.41) is 7.61. The van der Waals surface area contributed by atoms with Gasteiger partial charge in [0.25, 0.3) is 5.91 Å². The summed E-state index contributed by atoms with van der Waals surface area (Å²) in [6.45, 7) is 5.37. The standard InChI is InChI=1S/C22H22N4O4/c1-22(2,3)30-21(28)25-13-18(17-12-16(29-4)5-6-19(17)25)20(27)24-14-8-10-26-15(11-14)7-9-23-26/h5-13H,1-4H3,(H,24,27). The maximum absolute atomic E-state index is 13.1. The molecule has 0 saturated carbocycles. The number of fused-ring (bicyclic) bond motifs is 2. The Hall–Kier alpha value is -3.81. The van der Waals surface area contributed by atoms with Crippen LogP contribution in [0.3, 0.4) is 0 Å². The molecule has 4 aromatic rings. The molecule has 0 radical (unpaired) electrons. The van der Waals surface area contributed by atoms with Crippen LogP contribution in [0.2, 0.25) is 0 Å². The van der Waals surface area contributed by atoms with Crippen LogP contribution >= 0.6 is 0 Å². The minimum atomic E-state index is -0.663. The quantitative estimate of drug-likeness (QED) is 0.547. The molecule has 0 atom stereocenters. The van der Waals surface area contributed by atoms with Gasteiger partial charge in [-0.1, -0.05) is 0 Å². The highest BCUT2D eigenvalue weighted by Crippen LogP contribution is 2.28. The van der Waals surface area contributed by atoms with E-state index in [1.165, 1.54) is 10.8 Å². The van der Waals surface area contributed by atoms with Crippen LogP contribution in [-0.4, -0.2) is 38.9 Å². The number of hydrogen-bond donors (Lipinski definition) is 1. The van der Waals surface area contributed by atoms with E-state index in [-0.39, 0.29) is 5.91 Å². The highest BCUT2D eigenvalue weighted by Gasteiger charge is 2.23. The van der Waals surface area contributed by atoms with Crippen molar-refractivity contribution in [2.75, 3.05) is 12.4 Å². The third kappa shape index (κ3) is 3.71. The summed E-state index contributed by atoms with van der Waals surface area (Å²) in [7, 11) is 1.55. The number of nitrogens with one attached hydrogen (secondary N) is 1. The van der Waals surface area contributed by atoms with Gasteiger partial charge in [0.1, 0.15) is 11.4 Å². The second-order valence-electron chi connectivity index (χ2n) is 7.85. The van der Waals surface area contributed by atoms with Crippen molar-refractivity contribution in [1.82, 2.24) is 14.2 Å². The Morgan fingerprint density at radius 2 is 1.90 bits per heavy atom. The van der Waals surface area contributed by atoms with Gasteiger partial charge in [0, 0.05) is 29.7 Å². The number of rotatable bonds is 3. The van der Waals surface area contributed by atoms with Crippen LogP contribution in [-0.2, 0) is 4.74 Å². The van der Waals surface area contributed by atoms with Crippen LogP contribution in [0.4, 0.5) is 10.5 Å².